The third kappa shape index (κ3) is 2.41. The normalized spacial score (nSPS) is 19.4. The van der Waals surface area contributed by atoms with Crippen molar-refractivity contribution in [2.24, 2.45) is 0 Å². The van der Waals surface area contributed by atoms with E-state index in [1.165, 1.54) is 17.3 Å². The molecule has 1 amide bonds. The molecule has 1 atom stereocenters. The van der Waals surface area contributed by atoms with Crippen molar-refractivity contribution in [3.05, 3.63) is 46.0 Å². The van der Waals surface area contributed by atoms with E-state index < -0.39 is 0 Å². The molecule has 4 heteroatoms. The lowest BCUT2D eigenvalue weighted by molar-refractivity contribution is -0.120. The van der Waals surface area contributed by atoms with Gasteiger partial charge >= 0.3 is 0 Å². The lowest BCUT2D eigenvalue weighted by Gasteiger charge is -2.24. The predicted octanol–water partition coefficient (Wildman–Crippen LogP) is 2.70. The molecule has 0 radical (unpaired) electrons. The van der Waals surface area contributed by atoms with E-state index in [0.717, 1.165) is 5.56 Å². The van der Waals surface area contributed by atoms with Crippen LogP contribution in [0.1, 0.15) is 23.5 Å². The molecule has 0 saturated heterocycles. The molecule has 1 aromatic rings. The van der Waals surface area contributed by atoms with E-state index in [1.54, 1.807) is 0 Å². The van der Waals surface area contributed by atoms with E-state index in [4.69, 9.17) is 0 Å². The van der Waals surface area contributed by atoms with Gasteiger partial charge < -0.3 is 5.32 Å². The average molecular weight is 258 g/mol. The summed E-state index contributed by atoms with van der Waals surface area (Å²) in [4.78, 5) is 11.7. The minimum Gasteiger partial charge on any atom is -0.320 e. The molecule has 0 fully saturated rings. The largest absolute Gasteiger partial charge is 0.320 e. The van der Waals surface area contributed by atoms with Gasteiger partial charge in [-0.25, -0.2) is 0 Å². The lowest BCUT2D eigenvalue weighted by Crippen LogP contribution is -2.30. The van der Waals surface area contributed by atoms with Crippen molar-refractivity contribution in [3.8, 4) is 6.07 Å². The first-order chi connectivity index (χ1) is 8.65. The number of aryl methyl sites for hydroxylation is 1. The van der Waals surface area contributed by atoms with Crippen LogP contribution >= 0.6 is 11.8 Å². The molecule has 1 unspecified atom stereocenters. The quantitative estimate of drug-likeness (QED) is 0.887. The van der Waals surface area contributed by atoms with Crippen molar-refractivity contribution in [2.45, 2.75) is 19.3 Å². The second-order valence-corrected chi connectivity index (χ2v) is 5.09. The molecule has 3 nitrogen and oxygen atoms in total. The number of rotatable bonds is 2. The summed E-state index contributed by atoms with van der Waals surface area (Å²) in [5.74, 6) is -0.143. The minimum absolute atomic E-state index is 0.0241. The molecule has 0 bridgehead atoms. The van der Waals surface area contributed by atoms with Crippen LogP contribution in [-0.4, -0.2) is 12.2 Å². The van der Waals surface area contributed by atoms with Crippen LogP contribution in [0.2, 0.25) is 0 Å². The fraction of sp³-hybridized carbons (Fsp3) is 0.286. The van der Waals surface area contributed by atoms with Gasteiger partial charge in [0.15, 0.2) is 0 Å². The van der Waals surface area contributed by atoms with Crippen LogP contribution in [0.5, 0.6) is 0 Å². The van der Waals surface area contributed by atoms with Crippen LogP contribution in [0, 0.1) is 18.3 Å². The number of nitrogens with one attached hydrogen (secondary N) is 1. The number of nitrogens with zero attached hydrogens (tertiary/aromatic N) is 1. The third-order valence-corrected chi connectivity index (χ3v) is 3.77. The molecule has 0 aliphatic carbocycles. The fourth-order valence-electron chi connectivity index (χ4n) is 2.06. The van der Waals surface area contributed by atoms with E-state index in [0.29, 0.717) is 17.0 Å². The number of allylic oxidation sites excluding steroid dienone is 1. The summed E-state index contributed by atoms with van der Waals surface area (Å²) in [6.07, 6.45) is 2.21. The standard InChI is InChI=1S/C14H14N2OS/c1-9-3-5-10(6-4-9)11-7-13(17)16-14(18-2)12(11)8-15/h3-6,11H,7H2,1-2H3,(H,16,17). The number of hydrogen-bond donors (Lipinski definition) is 1. The number of benzene rings is 1. The Balaban J connectivity index is 2.45. The summed E-state index contributed by atoms with van der Waals surface area (Å²) in [6, 6.07) is 10.2. The lowest BCUT2D eigenvalue weighted by atomic mass is 9.87. The first-order valence-corrected chi connectivity index (χ1v) is 6.93. The Morgan fingerprint density at radius 1 is 1.39 bits per heavy atom. The molecule has 0 saturated carbocycles. The molecule has 1 aromatic carbocycles. The second kappa shape index (κ2) is 5.28. The Hall–Kier alpha value is -1.73. The first kappa shape index (κ1) is 12.7. The Bertz CT molecular complexity index is 540. The molecule has 0 spiro atoms. The maximum atomic E-state index is 11.7. The molecule has 18 heavy (non-hydrogen) atoms. The second-order valence-electron chi connectivity index (χ2n) is 4.27. The Morgan fingerprint density at radius 2 is 2.06 bits per heavy atom. The zero-order chi connectivity index (χ0) is 13.1. The Kier molecular flexibility index (Phi) is 3.73. The highest BCUT2D eigenvalue weighted by Crippen LogP contribution is 2.35. The molecule has 1 heterocycles. The molecule has 2 rings (SSSR count). The van der Waals surface area contributed by atoms with Gasteiger partial charge in [-0.05, 0) is 18.7 Å². The number of nitriles is 1. The van der Waals surface area contributed by atoms with E-state index in [1.807, 2.05) is 37.4 Å². The van der Waals surface area contributed by atoms with Crippen LogP contribution in [0.15, 0.2) is 34.9 Å². The van der Waals surface area contributed by atoms with Gasteiger partial charge in [-0.1, -0.05) is 29.8 Å². The van der Waals surface area contributed by atoms with Crippen LogP contribution in [0.3, 0.4) is 0 Å². The SMILES string of the molecule is CSC1=C(C#N)C(c2ccc(C)cc2)CC(=O)N1. The van der Waals surface area contributed by atoms with Crippen LogP contribution in [0.25, 0.3) is 0 Å². The van der Waals surface area contributed by atoms with Crippen molar-refractivity contribution >= 4 is 17.7 Å². The zero-order valence-corrected chi connectivity index (χ0v) is 11.2. The topological polar surface area (TPSA) is 52.9 Å². The number of carbonyl (C=O) groups is 1. The molecule has 92 valence electrons. The van der Waals surface area contributed by atoms with Gasteiger partial charge in [-0.3, -0.25) is 4.79 Å². The van der Waals surface area contributed by atoms with E-state index in [2.05, 4.69) is 11.4 Å². The molecule has 0 aromatic heterocycles. The highest BCUT2D eigenvalue weighted by Gasteiger charge is 2.28. The summed E-state index contributed by atoms with van der Waals surface area (Å²) < 4.78 is 0. The smallest absolute Gasteiger partial charge is 0.225 e. The van der Waals surface area contributed by atoms with Crippen molar-refractivity contribution in [3.63, 3.8) is 0 Å². The van der Waals surface area contributed by atoms with Crippen LogP contribution in [0.4, 0.5) is 0 Å². The van der Waals surface area contributed by atoms with E-state index >= 15 is 0 Å². The Morgan fingerprint density at radius 3 is 2.61 bits per heavy atom. The molecular formula is C14H14N2OS. The van der Waals surface area contributed by atoms with Gasteiger partial charge in [0.05, 0.1) is 16.7 Å². The van der Waals surface area contributed by atoms with Gasteiger partial charge in [0.1, 0.15) is 0 Å². The number of hydrogen-bond acceptors (Lipinski definition) is 3. The molecule has 1 aliphatic rings. The first-order valence-electron chi connectivity index (χ1n) is 5.70. The Labute approximate surface area is 111 Å². The summed E-state index contributed by atoms with van der Waals surface area (Å²) in [6.45, 7) is 2.02. The summed E-state index contributed by atoms with van der Waals surface area (Å²) in [7, 11) is 0. The summed E-state index contributed by atoms with van der Waals surface area (Å²) >= 11 is 1.41. The summed E-state index contributed by atoms with van der Waals surface area (Å²) in [5.41, 5.74) is 2.86. The maximum Gasteiger partial charge on any atom is 0.225 e. The molecular weight excluding hydrogens is 244 g/mol. The highest BCUT2D eigenvalue weighted by atomic mass is 32.2. The van der Waals surface area contributed by atoms with Crippen molar-refractivity contribution in [1.82, 2.24) is 5.32 Å². The monoisotopic (exact) mass is 258 g/mol. The van der Waals surface area contributed by atoms with Gasteiger partial charge in [0.2, 0.25) is 5.91 Å². The maximum absolute atomic E-state index is 11.7. The summed E-state index contributed by atoms with van der Waals surface area (Å²) in [5, 5.41) is 12.7. The fourth-order valence-corrected chi connectivity index (χ4v) is 2.69. The van der Waals surface area contributed by atoms with Crippen molar-refractivity contribution in [2.75, 3.05) is 6.26 Å². The molecule has 1 aliphatic heterocycles. The zero-order valence-electron chi connectivity index (χ0n) is 10.4. The number of carbonyl (C=O) groups excluding carboxylic acids is 1. The van der Waals surface area contributed by atoms with Gasteiger partial charge in [0, 0.05) is 12.3 Å². The van der Waals surface area contributed by atoms with Crippen LogP contribution in [-0.2, 0) is 4.79 Å². The highest BCUT2D eigenvalue weighted by molar-refractivity contribution is 8.02. The van der Waals surface area contributed by atoms with Gasteiger partial charge in [0.25, 0.3) is 0 Å². The van der Waals surface area contributed by atoms with E-state index in [9.17, 15) is 10.1 Å². The van der Waals surface area contributed by atoms with Crippen molar-refractivity contribution < 1.29 is 4.79 Å². The number of amides is 1. The van der Waals surface area contributed by atoms with Gasteiger partial charge in [-0.2, -0.15) is 5.26 Å². The average Bonchev–Trinajstić information content (AvgIpc) is 2.38. The van der Waals surface area contributed by atoms with Crippen molar-refractivity contribution in [1.29, 1.82) is 5.26 Å². The van der Waals surface area contributed by atoms with E-state index in [-0.39, 0.29) is 11.8 Å². The predicted molar refractivity (Wildman–Crippen MR) is 72.8 cm³/mol. The van der Waals surface area contributed by atoms with Gasteiger partial charge in [-0.15, -0.1) is 11.8 Å². The minimum atomic E-state index is -0.119. The van der Waals surface area contributed by atoms with Crippen LogP contribution < -0.4 is 5.32 Å². The molecule has 1 N–H and O–H groups in total. The number of thioether (sulfide) groups is 1. The third-order valence-electron chi connectivity index (χ3n) is 3.04.